The molecule has 4 heterocycles. The predicted octanol–water partition coefficient (Wildman–Crippen LogP) is 4.22. The minimum Gasteiger partial charge on any atom is -0.364 e. The molecule has 0 aliphatic rings. The summed E-state index contributed by atoms with van der Waals surface area (Å²) in [4.78, 5) is 15.6. The van der Waals surface area contributed by atoms with Crippen LogP contribution in [-0.4, -0.2) is 19.4 Å². The van der Waals surface area contributed by atoms with Gasteiger partial charge in [0.15, 0.2) is 0 Å². The quantitative estimate of drug-likeness (QED) is 0.605. The lowest BCUT2D eigenvalue weighted by Crippen LogP contribution is -2.02. The van der Waals surface area contributed by atoms with Crippen molar-refractivity contribution in [3.05, 3.63) is 52.0 Å². The average molecular weight is 344 g/mol. The number of imidazole rings is 1. The highest BCUT2D eigenvalue weighted by atomic mass is 35.5. The van der Waals surface area contributed by atoms with Crippen LogP contribution >= 0.6 is 22.9 Å². The van der Waals surface area contributed by atoms with Gasteiger partial charge in [0.05, 0.1) is 22.6 Å². The van der Waals surface area contributed by atoms with Gasteiger partial charge in [-0.25, -0.2) is 15.0 Å². The van der Waals surface area contributed by atoms with E-state index >= 15 is 0 Å². The monoisotopic (exact) mass is 343 g/mol. The summed E-state index contributed by atoms with van der Waals surface area (Å²) in [6.45, 7) is 4.81. The minimum atomic E-state index is 0.597. The first kappa shape index (κ1) is 14.4. The molecule has 0 aliphatic heterocycles. The van der Waals surface area contributed by atoms with Crippen molar-refractivity contribution in [3.8, 4) is 0 Å². The molecule has 0 saturated heterocycles. The standard InChI is InChI=1S/C16H14ClN5S/c1-9-10(2)23-16-14(9)15(19-8-20-16)18-5-12-7-22-6-11(17)3-4-13(22)21-12/h3-4,6-8H,5H2,1-2H3,(H,18,19,20). The van der Waals surface area contributed by atoms with E-state index in [0.29, 0.717) is 11.6 Å². The van der Waals surface area contributed by atoms with Crippen LogP contribution in [0.3, 0.4) is 0 Å². The van der Waals surface area contributed by atoms with Crippen LogP contribution in [0.25, 0.3) is 15.9 Å². The SMILES string of the molecule is Cc1sc2ncnc(NCc3cn4cc(Cl)ccc4n3)c2c1C. The van der Waals surface area contributed by atoms with Crippen LogP contribution in [-0.2, 0) is 6.54 Å². The number of hydrogen-bond acceptors (Lipinski definition) is 5. The molecule has 116 valence electrons. The molecule has 4 rings (SSSR count). The Kier molecular flexibility index (Phi) is 3.43. The second kappa shape index (κ2) is 5.47. The molecule has 4 aromatic rings. The third-order valence-electron chi connectivity index (χ3n) is 3.87. The van der Waals surface area contributed by atoms with Crippen molar-refractivity contribution < 1.29 is 0 Å². The number of pyridine rings is 1. The number of fused-ring (bicyclic) bond motifs is 2. The van der Waals surface area contributed by atoms with Crippen LogP contribution in [0.1, 0.15) is 16.1 Å². The molecule has 4 aromatic heterocycles. The molecule has 0 fully saturated rings. The molecule has 0 unspecified atom stereocenters. The lowest BCUT2D eigenvalue weighted by molar-refractivity contribution is 1.05. The van der Waals surface area contributed by atoms with Gasteiger partial charge in [-0.1, -0.05) is 11.6 Å². The summed E-state index contributed by atoms with van der Waals surface area (Å²) in [7, 11) is 0. The molecule has 0 aliphatic carbocycles. The number of aromatic nitrogens is 4. The van der Waals surface area contributed by atoms with E-state index in [1.54, 1.807) is 17.7 Å². The molecule has 0 radical (unpaired) electrons. The van der Waals surface area contributed by atoms with Crippen molar-refractivity contribution in [2.45, 2.75) is 20.4 Å². The van der Waals surface area contributed by atoms with E-state index in [2.05, 4.69) is 34.1 Å². The van der Waals surface area contributed by atoms with Crippen molar-refractivity contribution in [2.75, 3.05) is 5.32 Å². The van der Waals surface area contributed by atoms with Crippen LogP contribution < -0.4 is 5.32 Å². The molecular formula is C16H14ClN5S. The van der Waals surface area contributed by atoms with Crippen molar-refractivity contribution >= 4 is 44.6 Å². The van der Waals surface area contributed by atoms with Gasteiger partial charge < -0.3 is 9.72 Å². The fourth-order valence-corrected chi connectivity index (χ4v) is 3.76. The number of anilines is 1. The van der Waals surface area contributed by atoms with Crippen molar-refractivity contribution in [1.29, 1.82) is 0 Å². The molecule has 0 atom stereocenters. The molecular weight excluding hydrogens is 330 g/mol. The molecule has 0 spiro atoms. The lowest BCUT2D eigenvalue weighted by Gasteiger charge is -2.05. The number of nitrogens with one attached hydrogen (secondary N) is 1. The summed E-state index contributed by atoms with van der Waals surface area (Å²) in [5.74, 6) is 0.854. The summed E-state index contributed by atoms with van der Waals surface area (Å²) >= 11 is 7.70. The lowest BCUT2D eigenvalue weighted by atomic mass is 10.2. The number of thiophene rings is 1. The van der Waals surface area contributed by atoms with Crippen LogP contribution in [0.15, 0.2) is 30.9 Å². The van der Waals surface area contributed by atoms with E-state index in [-0.39, 0.29) is 0 Å². The summed E-state index contributed by atoms with van der Waals surface area (Å²) in [5.41, 5.74) is 3.04. The molecule has 0 aromatic carbocycles. The highest BCUT2D eigenvalue weighted by Crippen LogP contribution is 2.32. The van der Waals surface area contributed by atoms with Gasteiger partial charge in [0.2, 0.25) is 0 Å². The van der Waals surface area contributed by atoms with Gasteiger partial charge in [-0.2, -0.15) is 0 Å². The van der Waals surface area contributed by atoms with Gasteiger partial charge in [-0.15, -0.1) is 11.3 Å². The molecule has 0 saturated carbocycles. The Morgan fingerprint density at radius 2 is 2.09 bits per heavy atom. The third-order valence-corrected chi connectivity index (χ3v) is 5.21. The molecule has 0 bridgehead atoms. The summed E-state index contributed by atoms with van der Waals surface area (Å²) in [5, 5.41) is 5.17. The number of rotatable bonds is 3. The first-order chi connectivity index (χ1) is 11.1. The number of hydrogen-bond donors (Lipinski definition) is 1. The first-order valence-electron chi connectivity index (χ1n) is 7.19. The Labute approximate surface area is 142 Å². The number of nitrogens with zero attached hydrogens (tertiary/aromatic N) is 4. The first-order valence-corrected chi connectivity index (χ1v) is 8.39. The molecule has 1 N–H and O–H groups in total. The zero-order chi connectivity index (χ0) is 16.0. The van der Waals surface area contributed by atoms with Crippen LogP contribution in [0, 0.1) is 13.8 Å². The summed E-state index contributed by atoms with van der Waals surface area (Å²) in [6, 6.07) is 3.74. The Balaban J connectivity index is 1.65. The van der Waals surface area contributed by atoms with E-state index in [4.69, 9.17) is 11.6 Å². The van der Waals surface area contributed by atoms with E-state index in [1.165, 1.54) is 10.4 Å². The Bertz CT molecular complexity index is 1020. The molecule has 5 nitrogen and oxygen atoms in total. The Hall–Kier alpha value is -2.18. The Morgan fingerprint density at radius 3 is 2.96 bits per heavy atom. The molecule has 7 heteroatoms. The normalized spacial score (nSPS) is 11.4. The van der Waals surface area contributed by atoms with Gasteiger partial charge in [0, 0.05) is 17.3 Å². The smallest absolute Gasteiger partial charge is 0.138 e. The van der Waals surface area contributed by atoms with Gasteiger partial charge in [0.25, 0.3) is 0 Å². The van der Waals surface area contributed by atoms with Crippen molar-refractivity contribution in [2.24, 2.45) is 0 Å². The zero-order valence-electron chi connectivity index (χ0n) is 12.7. The summed E-state index contributed by atoms with van der Waals surface area (Å²) in [6.07, 6.45) is 5.42. The number of aryl methyl sites for hydroxylation is 2. The Morgan fingerprint density at radius 1 is 1.22 bits per heavy atom. The van der Waals surface area contributed by atoms with E-state index in [0.717, 1.165) is 27.4 Å². The van der Waals surface area contributed by atoms with E-state index in [9.17, 15) is 0 Å². The summed E-state index contributed by atoms with van der Waals surface area (Å²) < 4.78 is 1.93. The van der Waals surface area contributed by atoms with Crippen molar-refractivity contribution in [3.63, 3.8) is 0 Å². The molecule has 0 amide bonds. The van der Waals surface area contributed by atoms with Gasteiger partial charge in [0.1, 0.15) is 22.6 Å². The zero-order valence-corrected chi connectivity index (χ0v) is 14.2. The van der Waals surface area contributed by atoms with Crippen LogP contribution in [0.5, 0.6) is 0 Å². The largest absolute Gasteiger partial charge is 0.364 e. The highest BCUT2D eigenvalue weighted by molar-refractivity contribution is 7.18. The van der Waals surface area contributed by atoms with Crippen LogP contribution in [0.4, 0.5) is 5.82 Å². The third kappa shape index (κ3) is 2.54. The maximum absolute atomic E-state index is 6.01. The van der Waals surface area contributed by atoms with E-state index < -0.39 is 0 Å². The predicted molar refractivity (Wildman–Crippen MR) is 94.4 cm³/mol. The van der Waals surface area contributed by atoms with E-state index in [1.807, 2.05) is 28.9 Å². The fraction of sp³-hybridized carbons (Fsp3) is 0.188. The minimum absolute atomic E-state index is 0.597. The van der Waals surface area contributed by atoms with Gasteiger partial charge >= 0.3 is 0 Å². The molecule has 23 heavy (non-hydrogen) atoms. The van der Waals surface area contributed by atoms with Crippen molar-refractivity contribution in [1.82, 2.24) is 19.4 Å². The van der Waals surface area contributed by atoms with Gasteiger partial charge in [-0.05, 0) is 31.5 Å². The maximum atomic E-state index is 6.01. The highest BCUT2D eigenvalue weighted by Gasteiger charge is 2.12. The average Bonchev–Trinajstić information content (AvgIpc) is 3.06. The fourth-order valence-electron chi connectivity index (χ4n) is 2.59. The number of halogens is 1. The van der Waals surface area contributed by atoms with Crippen LogP contribution in [0.2, 0.25) is 5.02 Å². The second-order valence-electron chi connectivity index (χ2n) is 5.38. The van der Waals surface area contributed by atoms with Gasteiger partial charge in [-0.3, -0.25) is 0 Å². The maximum Gasteiger partial charge on any atom is 0.138 e. The second-order valence-corrected chi connectivity index (χ2v) is 7.02. The topological polar surface area (TPSA) is 55.1 Å².